The van der Waals surface area contributed by atoms with Gasteiger partial charge in [0.15, 0.2) is 9.84 Å². The first-order chi connectivity index (χ1) is 10.8. The van der Waals surface area contributed by atoms with Gasteiger partial charge in [-0.05, 0) is 36.4 Å². The minimum absolute atomic E-state index is 0.000610. The molecule has 0 amide bonds. The summed E-state index contributed by atoms with van der Waals surface area (Å²) in [5.41, 5.74) is 0. The monoisotopic (exact) mass is 355 g/mol. The molecule has 1 heterocycles. The fourth-order valence-electron chi connectivity index (χ4n) is 2.35. The summed E-state index contributed by atoms with van der Waals surface area (Å²) >= 11 is 0. The Labute approximate surface area is 134 Å². The largest absolute Gasteiger partial charge is 0.243 e. The summed E-state index contributed by atoms with van der Waals surface area (Å²) in [6.07, 6.45) is 0. The van der Waals surface area contributed by atoms with Crippen LogP contribution < -0.4 is 0 Å². The standard InChI is InChI=1S/C15H14FNO4S2/c16-12-6-8-13(9-7-12)22(18,19)15-10-17(11-15)23(20,21)14-4-2-1-3-5-14/h1-9,15H,10-11H2. The Hall–Kier alpha value is -1.77. The van der Waals surface area contributed by atoms with Crippen LogP contribution in [0.1, 0.15) is 0 Å². The Morgan fingerprint density at radius 3 is 1.96 bits per heavy atom. The second-order valence-corrected chi connectivity index (χ2v) is 9.42. The van der Waals surface area contributed by atoms with Crippen LogP contribution in [0.15, 0.2) is 64.4 Å². The first kappa shape index (κ1) is 16.1. The maximum absolute atomic E-state index is 12.9. The van der Waals surface area contributed by atoms with Crippen LogP contribution in [-0.4, -0.2) is 39.5 Å². The van der Waals surface area contributed by atoms with Crippen LogP contribution in [0.3, 0.4) is 0 Å². The lowest BCUT2D eigenvalue weighted by Crippen LogP contribution is -2.56. The summed E-state index contributed by atoms with van der Waals surface area (Å²) in [6, 6.07) is 12.4. The Morgan fingerprint density at radius 2 is 1.39 bits per heavy atom. The van der Waals surface area contributed by atoms with Gasteiger partial charge in [0.25, 0.3) is 0 Å². The van der Waals surface area contributed by atoms with Crippen molar-refractivity contribution in [2.45, 2.75) is 15.0 Å². The minimum atomic E-state index is -3.68. The first-order valence-corrected chi connectivity index (χ1v) is 9.85. The van der Waals surface area contributed by atoms with Gasteiger partial charge in [-0.25, -0.2) is 21.2 Å². The van der Waals surface area contributed by atoms with Crippen molar-refractivity contribution in [1.82, 2.24) is 4.31 Å². The molecule has 5 nitrogen and oxygen atoms in total. The summed E-state index contributed by atoms with van der Waals surface area (Å²) in [5.74, 6) is -0.522. The Bertz CT molecular complexity index is 904. The van der Waals surface area contributed by atoms with Crippen molar-refractivity contribution in [2.75, 3.05) is 13.1 Å². The second kappa shape index (κ2) is 5.70. The summed E-state index contributed by atoms with van der Waals surface area (Å²) < 4.78 is 63.5. The SMILES string of the molecule is O=S(=O)(c1ccc(F)cc1)C1CN(S(=O)(=O)c2ccccc2)C1. The number of nitrogens with zero attached hydrogens (tertiary/aromatic N) is 1. The van der Waals surface area contributed by atoms with Crippen LogP contribution in [0.2, 0.25) is 0 Å². The highest BCUT2D eigenvalue weighted by molar-refractivity contribution is 7.92. The molecule has 0 N–H and O–H groups in total. The summed E-state index contributed by atoms with van der Waals surface area (Å²) in [4.78, 5) is 0.137. The van der Waals surface area contributed by atoms with Gasteiger partial charge in [0.05, 0.1) is 15.0 Å². The molecule has 0 radical (unpaired) electrons. The molecule has 1 saturated heterocycles. The maximum Gasteiger partial charge on any atom is 0.243 e. The van der Waals surface area contributed by atoms with Crippen LogP contribution >= 0.6 is 0 Å². The molecular formula is C15H14FNO4S2. The third-order valence-electron chi connectivity index (χ3n) is 3.78. The fraction of sp³-hybridized carbons (Fsp3) is 0.200. The summed E-state index contributed by atoms with van der Waals surface area (Å²) in [5, 5.41) is -0.813. The molecule has 0 unspecified atom stereocenters. The van der Waals surface area contributed by atoms with E-state index in [1.807, 2.05) is 0 Å². The average molecular weight is 355 g/mol. The normalized spacial score (nSPS) is 16.9. The smallest absolute Gasteiger partial charge is 0.223 e. The third-order valence-corrected chi connectivity index (χ3v) is 7.73. The van der Waals surface area contributed by atoms with Gasteiger partial charge >= 0.3 is 0 Å². The van der Waals surface area contributed by atoms with Crippen molar-refractivity contribution in [2.24, 2.45) is 0 Å². The van der Waals surface area contributed by atoms with E-state index in [0.29, 0.717) is 0 Å². The Morgan fingerprint density at radius 1 is 0.826 bits per heavy atom. The van der Waals surface area contributed by atoms with Gasteiger partial charge in [-0.15, -0.1) is 0 Å². The van der Waals surface area contributed by atoms with E-state index in [9.17, 15) is 21.2 Å². The lowest BCUT2D eigenvalue weighted by molar-refractivity contribution is 0.309. The van der Waals surface area contributed by atoms with Gasteiger partial charge in [-0.1, -0.05) is 18.2 Å². The zero-order valence-electron chi connectivity index (χ0n) is 12.0. The van der Waals surface area contributed by atoms with Crippen LogP contribution in [0.4, 0.5) is 4.39 Å². The number of sulfonamides is 1. The van der Waals surface area contributed by atoms with E-state index in [2.05, 4.69) is 0 Å². The van der Waals surface area contributed by atoms with Crippen molar-refractivity contribution in [3.05, 3.63) is 60.4 Å². The predicted molar refractivity (Wildman–Crippen MR) is 82.6 cm³/mol. The molecule has 0 aliphatic carbocycles. The van der Waals surface area contributed by atoms with Crippen molar-refractivity contribution < 1.29 is 21.2 Å². The highest BCUT2D eigenvalue weighted by Gasteiger charge is 2.44. The third kappa shape index (κ3) is 2.89. The summed E-state index contributed by atoms with van der Waals surface area (Å²) in [6.45, 7) is -0.201. The van der Waals surface area contributed by atoms with E-state index in [4.69, 9.17) is 0 Å². The van der Waals surface area contributed by atoms with Crippen molar-refractivity contribution in [3.8, 4) is 0 Å². The van der Waals surface area contributed by atoms with Crippen molar-refractivity contribution in [3.63, 3.8) is 0 Å². The Balaban J connectivity index is 1.77. The van der Waals surface area contributed by atoms with Gasteiger partial charge in [0, 0.05) is 13.1 Å². The molecule has 0 bridgehead atoms. The quantitative estimate of drug-likeness (QED) is 0.782. The molecular weight excluding hydrogens is 341 g/mol. The Kier molecular flexibility index (Phi) is 3.99. The topological polar surface area (TPSA) is 71.5 Å². The van der Waals surface area contributed by atoms with E-state index in [1.54, 1.807) is 18.2 Å². The molecule has 23 heavy (non-hydrogen) atoms. The minimum Gasteiger partial charge on any atom is -0.223 e. The number of halogens is 1. The van der Waals surface area contributed by atoms with Gasteiger partial charge in [0.2, 0.25) is 10.0 Å². The molecule has 8 heteroatoms. The highest BCUT2D eigenvalue weighted by atomic mass is 32.2. The van der Waals surface area contributed by atoms with E-state index in [0.717, 1.165) is 16.4 Å². The fourth-order valence-corrected chi connectivity index (χ4v) is 5.74. The molecule has 122 valence electrons. The zero-order valence-corrected chi connectivity index (χ0v) is 13.6. The van der Waals surface area contributed by atoms with Gasteiger partial charge in [-0.2, -0.15) is 4.31 Å². The lowest BCUT2D eigenvalue weighted by atomic mass is 10.3. The highest BCUT2D eigenvalue weighted by Crippen LogP contribution is 2.28. The van der Waals surface area contributed by atoms with Crippen LogP contribution in [0, 0.1) is 5.82 Å². The van der Waals surface area contributed by atoms with E-state index < -0.39 is 30.9 Å². The van der Waals surface area contributed by atoms with E-state index >= 15 is 0 Å². The lowest BCUT2D eigenvalue weighted by Gasteiger charge is -2.37. The molecule has 0 aromatic heterocycles. The van der Waals surface area contributed by atoms with Gasteiger partial charge in [-0.3, -0.25) is 0 Å². The second-order valence-electron chi connectivity index (χ2n) is 5.26. The van der Waals surface area contributed by atoms with E-state index in [-0.39, 0.29) is 22.9 Å². The van der Waals surface area contributed by atoms with Gasteiger partial charge in [0.1, 0.15) is 5.82 Å². The van der Waals surface area contributed by atoms with Crippen molar-refractivity contribution in [1.29, 1.82) is 0 Å². The van der Waals surface area contributed by atoms with Crippen LogP contribution in [0.25, 0.3) is 0 Å². The summed E-state index contributed by atoms with van der Waals surface area (Å²) in [7, 11) is -7.34. The van der Waals surface area contributed by atoms with Gasteiger partial charge < -0.3 is 0 Å². The van der Waals surface area contributed by atoms with Crippen LogP contribution in [-0.2, 0) is 19.9 Å². The molecule has 0 atom stereocenters. The number of sulfone groups is 1. The molecule has 2 aromatic carbocycles. The first-order valence-electron chi connectivity index (χ1n) is 6.86. The molecule has 0 spiro atoms. The molecule has 2 aromatic rings. The number of hydrogen-bond donors (Lipinski definition) is 0. The van der Waals surface area contributed by atoms with Crippen molar-refractivity contribution >= 4 is 19.9 Å². The number of benzene rings is 2. The number of hydrogen-bond acceptors (Lipinski definition) is 4. The zero-order chi connectivity index (χ0) is 16.7. The maximum atomic E-state index is 12.9. The average Bonchev–Trinajstić information content (AvgIpc) is 2.46. The van der Waals surface area contributed by atoms with Crippen LogP contribution in [0.5, 0.6) is 0 Å². The molecule has 0 saturated carbocycles. The number of rotatable bonds is 4. The predicted octanol–water partition coefficient (Wildman–Crippen LogP) is 1.67. The van der Waals surface area contributed by atoms with E-state index in [1.165, 1.54) is 24.3 Å². The molecule has 1 aliphatic heterocycles. The molecule has 1 aliphatic rings. The molecule has 1 fully saturated rings. The molecule has 3 rings (SSSR count).